The summed E-state index contributed by atoms with van der Waals surface area (Å²) in [5, 5.41) is 9.56. The summed E-state index contributed by atoms with van der Waals surface area (Å²) in [7, 11) is 2.85. The highest BCUT2D eigenvalue weighted by atomic mass is 16.5. The molecule has 0 saturated carbocycles. The van der Waals surface area contributed by atoms with Gasteiger partial charge in [-0.05, 0) is 18.2 Å². The first-order valence-corrected chi connectivity index (χ1v) is 5.17. The number of anilines is 1. The van der Waals surface area contributed by atoms with Crippen LogP contribution in [0.3, 0.4) is 0 Å². The summed E-state index contributed by atoms with van der Waals surface area (Å²) in [5.41, 5.74) is 1.18. The molecule has 0 unspecified atom stereocenters. The summed E-state index contributed by atoms with van der Waals surface area (Å²) in [6, 6.07) is 5.24. The zero-order valence-electron chi connectivity index (χ0n) is 9.71. The van der Waals surface area contributed by atoms with Crippen LogP contribution in [0.25, 0.3) is 0 Å². The molecule has 1 aromatic carbocycles. The Balaban J connectivity index is 2.37. The predicted octanol–water partition coefficient (Wildman–Crippen LogP) is 1.67. The molecule has 2 rings (SSSR count). The lowest BCUT2D eigenvalue weighted by Gasteiger charge is -2.14. The Morgan fingerprint density at radius 3 is 2.82 bits per heavy atom. The highest BCUT2D eigenvalue weighted by molar-refractivity contribution is 5.93. The minimum absolute atomic E-state index is 0.384. The number of hydrogen-bond acceptors (Lipinski definition) is 6. The zero-order chi connectivity index (χ0) is 12.3. The van der Waals surface area contributed by atoms with Crippen LogP contribution in [0.15, 0.2) is 28.5 Å². The molecule has 1 aliphatic heterocycles. The van der Waals surface area contributed by atoms with E-state index in [0.717, 1.165) is 5.69 Å². The van der Waals surface area contributed by atoms with Crippen LogP contribution in [0.5, 0.6) is 5.75 Å². The molecule has 1 aromatic rings. The number of esters is 1. The first-order valence-electron chi connectivity index (χ1n) is 5.17. The molecule has 1 aliphatic rings. The van der Waals surface area contributed by atoms with E-state index in [1.807, 2.05) is 6.07 Å². The molecule has 0 spiro atoms. The fourth-order valence-corrected chi connectivity index (χ4v) is 1.61. The molecule has 6 nitrogen and oxygen atoms in total. The number of ether oxygens (including phenoxy) is 2. The van der Waals surface area contributed by atoms with Crippen LogP contribution >= 0.6 is 0 Å². The second kappa shape index (κ2) is 4.82. The van der Waals surface area contributed by atoms with Crippen molar-refractivity contribution in [2.45, 2.75) is 0 Å². The normalized spacial score (nSPS) is 13.9. The van der Waals surface area contributed by atoms with Crippen LogP contribution in [-0.4, -0.2) is 33.3 Å². The van der Waals surface area contributed by atoms with Crippen LogP contribution < -0.4 is 9.75 Å². The summed E-state index contributed by atoms with van der Waals surface area (Å²) >= 11 is 0. The standard InChI is InChI=1S/C11H13N3O3/c1-16-10-4-3-8(14-6-5-12-13-14)7-9(10)11(15)17-2/h3-4,7H,5-6H2,1-2H3. The molecule has 0 radical (unpaired) electrons. The second-order valence-electron chi connectivity index (χ2n) is 3.45. The topological polar surface area (TPSA) is 63.5 Å². The van der Waals surface area contributed by atoms with Gasteiger partial charge in [-0.15, -0.1) is 0 Å². The quantitative estimate of drug-likeness (QED) is 0.747. The largest absolute Gasteiger partial charge is 0.496 e. The Hall–Kier alpha value is -2.11. The number of carbonyl (C=O) groups is 1. The second-order valence-corrected chi connectivity index (χ2v) is 3.45. The van der Waals surface area contributed by atoms with Crippen molar-refractivity contribution in [1.82, 2.24) is 0 Å². The van der Waals surface area contributed by atoms with E-state index in [1.54, 1.807) is 17.1 Å². The lowest BCUT2D eigenvalue weighted by atomic mass is 10.1. The molecule has 6 heteroatoms. The molecule has 0 aliphatic carbocycles. The van der Waals surface area contributed by atoms with Gasteiger partial charge in [0.25, 0.3) is 0 Å². The van der Waals surface area contributed by atoms with Gasteiger partial charge < -0.3 is 9.47 Å². The monoisotopic (exact) mass is 235 g/mol. The highest BCUT2D eigenvalue weighted by Gasteiger charge is 2.17. The average Bonchev–Trinajstić information content (AvgIpc) is 2.91. The van der Waals surface area contributed by atoms with E-state index >= 15 is 0 Å². The maximum Gasteiger partial charge on any atom is 0.341 e. The van der Waals surface area contributed by atoms with Crippen molar-refractivity contribution >= 4 is 11.7 Å². The van der Waals surface area contributed by atoms with Crippen molar-refractivity contribution in [3.05, 3.63) is 23.8 Å². The number of hydrogen-bond donors (Lipinski definition) is 0. The molecule has 0 saturated heterocycles. The zero-order valence-corrected chi connectivity index (χ0v) is 9.71. The van der Waals surface area contributed by atoms with E-state index in [4.69, 9.17) is 9.47 Å². The van der Waals surface area contributed by atoms with Gasteiger partial charge in [-0.2, -0.15) is 5.11 Å². The average molecular weight is 235 g/mol. The molecule has 90 valence electrons. The van der Waals surface area contributed by atoms with Gasteiger partial charge in [0.15, 0.2) is 0 Å². The van der Waals surface area contributed by atoms with E-state index in [2.05, 4.69) is 10.3 Å². The number of carbonyl (C=O) groups excluding carboxylic acids is 1. The van der Waals surface area contributed by atoms with E-state index < -0.39 is 5.97 Å². The Kier molecular flexibility index (Phi) is 3.22. The highest BCUT2D eigenvalue weighted by Crippen LogP contribution is 2.26. The molecule has 0 amide bonds. The van der Waals surface area contributed by atoms with Crippen molar-refractivity contribution in [1.29, 1.82) is 0 Å². The fraction of sp³-hybridized carbons (Fsp3) is 0.364. The molecular weight excluding hydrogens is 222 g/mol. The van der Waals surface area contributed by atoms with Crippen molar-refractivity contribution < 1.29 is 14.3 Å². The SMILES string of the molecule is COC(=O)c1cc(N2CCN=N2)ccc1OC. The third-order valence-electron chi connectivity index (χ3n) is 2.47. The van der Waals surface area contributed by atoms with E-state index in [-0.39, 0.29) is 0 Å². The number of benzene rings is 1. The van der Waals surface area contributed by atoms with Crippen molar-refractivity contribution in [2.75, 3.05) is 32.3 Å². The molecular formula is C11H13N3O3. The molecule has 0 fully saturated rings. The summed E-state index contributed by atoms with van der Waals surface area (Å²) in [4.78, 5) is 11.6. The Morgan fingerprint density at radius 1 is 1.41 bits per heavy atom. The van der Waals surface area contributed by atoms with E-state index in [1.165, 1.54) is 14.2 Å². The lowest BCUT2D eigenvalue weighted by Crippen LogP contribution is -2.14. The fourth-order valence-electron chi connectivity index (χ4n) is 1.61. The van der Waals surface area contributed by atoms with Gasteiger partial charge in [-0.25, -0.2) is 9.80 Å². The summed E-state index contributed by atoms with van der Waals surface area (Å²) in [5.74, 6) is 0.0524. The van der Waals surface area contributed by atoms with Crippen LogP contribution in [0.1, 0.15) is 10.4 Å². The van der Waals surface area contributed by atoms with Gasteiger partial charge in [-0.1, -0.05) is 5.22 Å². The first kappa shape index (κ1) is 11.4. The van der Waals surface area contributed by atoms with Crippen molar-refractivity contribution in [2.24, 2.45) is 10.3 Å². The van der Waals surface area contributed by atoms with E-state index in [9.17, 15) is 4.79 Å². The third kappa shape index (κ3) is 2.20. The van der Waals surface area contributed by atoms with Gasteiger partial charge in [-0.3, -0.25) is 0 Å². The molecule has 0 atom stereocenters. The van der Waals surface area contributed by atoms with Gasteiger partial charge in [0.05, 0.1) is 33.0 Å². The Morgan fingerprint density at radius 2 is 2.24 bits per heavy atom. The predicted molar refractivity (Wildman–Crippen MR) is 61.4 cm³/mol. The van der Waals surface area contributed by atoms with Gasteiger partial charge in [0, 0.05) is 0 Å². The Labute approximate surface area is 98.8 Å². The van der Waals surface area contributed by atoms with Crippen LogP contribution in [0, 0.1) is 0 Å². The smallest absolute Gasteiger partial charge is 0.341 e. The molecule has 0 N–H and O–H groups in total. The summed E-state index contributed by atoms with van der Waals surface area (Å²) < 4.78 is 9.82. The number of nitrogens with zero attached hydrogens (tertiary/aromatic N) is 3. The van der Waals surface area contributed by atoms with Crippen molar-refractivity contribution in [3.8, 4) is 5.75 Å². The van der Waals surface area contributed by atoms with E-state index in [0.29, 0.717) is 24.4 Å². The number of rotatable bonds is 3. The van der Waals surface area contributed by atoms with Crippen molar-refractivity contribution in [3.63, 3.8) is 0 Å². The lowest BCUT2D eigenvalue weighted by molar-refractivity contribution is 0.0597. The minimum atomic E-state index is -0.431. The molecule has 1 heterocycles. The molecule has 0 bridgehead atoms. The first-order chi connectivity index (χ1) is 8.26. The van der Waals surface area contributed by atoms with Crippen LogP contribution in [0.4, 0.5) is 5.69 Å². The maximum atomic E-state index is 11.6. The van der Waals surface area contributed by atoms with Crippen LogP contribution in [0.2, 0.25) is 0 Å². The summed E-state index contributed by atoms with van der Waals surface area (Å²) in [6.45, 7) is 1.38. The van der Waals surface area contributed by atoms with Gasteiger partial charge >= 0.3 is 5.97 Å². The van der Waals surface area contributed by atoms with Gasteiger partial charge in [0.2, 0.25) is 0 Å². The molecule has 0 aromatic heterocycles. The Bertz CT molecular complexity index is 459. The number of methoxy groups -OCH3 is 2. The maximum absolute atomic E-state index is 11.6. The minimum Gasteiger partial charge on any atom is -0.496 e. The third-order valence-corrected chi connectivity index (χ3v) is 2.47. The van der Waals surface area contributed by atoms with Crippen LogP contribution in [-0.2, 0) is 4.74 Å². The molecule has 17 heavy (non-hydrogen) atoms. The summed E-state index contributed by atoms with van der Waals surface area (Å²) in [6.07, 6.45) is 0. The van der Waals surface area contributed by atoms with Gasteiger partial charge in [0.1, 0.15) is 11.3 Å².